The van der Waals surface area contributed by atoms with Crippen LogP contribution in [0.1, 0.15) is 25.7 Å². The summed E-state index contributed by atoms with van der Waals surface area (Å²) in [6.45, 7) is 0.526. The molecule has 84 valence electrons. The zero-order valence-electron chi connectivity index (χ0n) is 7.50. The average molecular weight is 217 g/mol. The summed E-state index contributed by atoms with van der Waals surface area (Å²) in [7, 11) is 0. The molecule has 1 unspecified atom stereocenters. The van der Waals surface area contributed by atoms with Crippen molar-refractivity contribution in [1.29, 1.82) is 0 Å². The maximum atomic E-state index is 12.6. The molecular weight excluding hydrogens is 205 g/mol. The average Bonchev–Trinajstić information content (AvgIpc) is 2.03. The lowest BCUT2D eigenvalue weighted by molar-refractivity contribution is -0.286. The predicted molar refractivity (Wildman–Crippen MR) is 41.3 cm³/mol. The number of halogens is 5. The molecule has 1 saturated heterocycles. The standard InChI is InChI=1S/C8H12F5N/c9-7(10,8(11,12)13)5-6-3-1-2-4-14-6/h6,14H,1-5H2. The maximum absolute atomic E-state index is 12.6. The van der Waals surface area contributed by atoms with Crippen molar-refractivity contribution in [2.75, 3.05) is 6.54 Å². The second-order valence-corrected chi connectivity index (χ2v) is 3.55. The predicted octanol–water partition coefficient (Wildman–Crippen LogP) is 2.72. The lowest BCUT2D eigenvalue weighted by atomic mass is 9.98. The van der Waals surface area contributed by atoms with Gasteiger partial charge in [0.25, 0.3) is 0 Å². The summed E-state index contributed by atoms with van der Waals surface area (Å²) < 4.78 is 60.5. The summed E-state index contributed by atoms with van der Waals surface area (Å²) >= 11 is 0. The first-order valence-electron chi connectivity index (χ1n) is 4.51. The molecule has 0 aromatic carbocycles. The molecule has 0 aromatic rings. The number of alkyl halides is 5. The third-order valence-corrected chi connectivity index (χ3v) is 2.33. The van der Waals surface area contributed by atoms with Gasteiger partial charge in [-0.25, -0.2) is 0 Å². The number of piperidine rings is 1. The molecule has 0 bridgehead atoms. The number of nitrogens with one attached hydrogen (secondary N) is 1. The molecule has 0 saturated carbocycles. The second-order valence-electron chi connectivity index (χ2n) is 3.55. The zero-order valence-corrected chi connectivity index (χ0v) is 7.50. The van der Waals surface area contributed by atoms with Gasteiger partial charge >= 0.3 is 12.1 Å². The van der Waals surface area contributed by atoms with Gasteiger partial charge in [0.15, 0.2) is 0 Å². The van der Waals surface area contributed by atoms with Crippen molar-refractivity contribution in [3.63, 3.8) is 0 Å². The molecular formula is C8H12F5N. The van der Waals surface area contributed by atoms with Gasteiger partial charge in [-0.1, -0.05) is 6.42 Å². The zero-order chi connectivity index (χ0) is 10.8. The quantitative estimate of drug-likeness (QED) is 0.701. The SMILES string of the molecule is FC(F)(F)C(F)(F)CC1CCCCN1. The van der Waals surface area contributed by atoms with E-state index in [1.807, 2.05) is 0 Å². The fraction of sp³-hybridized carbons (Fsp3) is 1.00. The van der Waals surface area contributed by atoms with Crippen LogP contribution in [-0.2, 0) is 0 Å². The molecule has 1 heterocycles. The van der Waals surface area contributed by atoms with Crippen LogP contribution in [0.15, 0.2) is 0 Å². The number of rotatable bonds is 2. The van der Waals surface area contributed by atoms with Crippen LogP contribution in [0.25, 0.3) is 0 Å². The highest BCUT2D eigenvalue weighted by molar-refractivity contribution is 4.84. The molecule has 1 rings (SSSR count). The van der Waals surface area contributed by atoms with Crippen molar-refractivity contribution in [2.24, 2.45) is 0 Å². The summed E-state index contributed by atoms with van der Waals surface area (Å²) in [5.41, 5.74) is 0. The normalized spacial score (nSPS) is 25.1. The first-order valence-corrected chi connectivity index (χ1v) is 4.51. The molecule has 1 aliphatic heterocycles. The Balaban J connectivity index is 2.49. The lowest BCUT2D eigenvalue weighted by Gasteiger charge is -2.28. The highest BCUT2D eigenvalue weighted by Crippen LogP contribution is 2.39. The highest BCUT2D eigenvalue weighted by atomic mass is 19.4. The summed E-state index contributed by atoms with van der Waals surface area (Å²) in [6, 6.07) is -0.708. The van der Waals surface area contributed by atoms with E-state index in [0.29, 0.717) is 19.4 Å². The summed E-state index contributed by atoms with van der Waals surface area (Å²) in [5, 5.41) is 2.67. The minimum absolute atomic E-state index is 0.395. The van der Waals surface area contributed by atoms with E-state index in [0.717, 1.165) is 6.42 Å². The van der Waals surface area contributed by atoms with E-state index in [1.54, 1.807) is 0 Å². The van der Waals surface area contributed by atoms with Gasteiger partial charge in [0, 0.05) is 12.5 Å². The van der Waals surface area contributed by atoms with Crippen LogP contribution in [0.5, 0.6) is 0 Å². The van der Waals surface area contributed by atoms with Gasteiger partial charge in [-0.15, -0.1) is 0 Å². The third-order valence-electron chi connectivity index (χ3n) is 2.33. The Bertz CT molecular complexity index is 183. The van der Waals surface area contributed by atoms with Crippen LogP contribution >= 0.6 is 0 Å². The molecule has 0 aliphatic carbocycles. The molecule has 6 heteroatoms. The fourth-order valence-corrected chi connectivity index (χ4v) is 1.52. The minimum atomic E-state index is -5.42. The van der Waals surface area contributed by atoms with E-state index in [9.17, 15) is 22.0 Å². The van der Waals surface area contributed by atoms with E-state index in [1.165, 1.54) is 0 Å². The van der Waals surface area contributed by atoms with Gasteiger partial charge in [-0.2, -0.15) is 22.0 Å². The summed E-state index contributed by atoms with van der Waals surface area (Å²) in [5.74, 6) is -4.57. The third kappa shape index (κ3) is 2.80. The molecule has 1 N–H and O–H groups in total. The van der Waals surface area contributed by atoms with Crippen LogP contribution in [0.4, 0.5) is 22.0 Å². The van der Waals surface area contributed by atoms with Gasteiger partial charge in [-0.3, -0.25) is 0 Å². The molecule has 1 nitrogen and oxygen atoms in total. The molecule has 0 spiro atoms. The number of hydrogen-bond donors (Lipinski definition) is 1. The second kappa shape index (κ2) is 4.00. The van der Waals surface area contributed by atoms with E-state index in [-0.39, 0.29) is 0 Å². The van der Waals surface area contributed by atoms with E-state index < -0.39 is 24.6 Å². The molecule has 1 aliphatic rings. The van der Waals surface area contributed by atoms with Crippen molar-refractivity contribution in [3.8, 4) is 0 Å². The van der Waals surface area contributed by atoms with Gasteiger partial charge in [0.05, 0.1) is 0 Å². The summed E-state index contributed by atoms with van der Waals surface area (Å²) in [6.07, 6.45) is -4.62. The highest BCUT2D eigenvalue weighted by Gasteiger charge is 2.57. The monoisotopic (exact) mass is 217 g/mol. The number of hydrogen-bond acceptors (Lipinski definition) is 1. The maximum Gasteiger partial charge on any atom is 0.453 e. The molecule has 1 atom stereocenters. The summed E-state index contributed by atoms with van der Waals surface area (Å²) in [4.78, 5) is 0. The fourth-order valence-electron chi connectivity index (χ4n) is 1.52. The van der Waals surface area contributed by atoms with Crippen molar-refractivity contribution in [3.05, 3.63) is 0 Å². The topological polar surface area (TPSA) is 12.0 Å². The van der Waals surface area contributed by atoms with E-state index in [4.69, 9.17) is 0 Å². The van der Waals surface area contributed by atoms with E-state index in [2.05, 4.69) is 5.32 Å². The smallest absolute Gasteiger partial charge is 0.314 e. The van der Waals surface area contributed by atoms with Gasteiger partial charge in [-0.05, 0) is 19.4 Å². The Hall–Kier alpha value is -0.390. The minimum Gasteiger partial charge on any atom is -0.314 e. The molecule has 14 heavy (non-hydrogen) atoms. The molecule has 1 fully saturated rings. The van der Waals surface area contributed by atoms with Crippen molar-refractivity contribution in [2.45, 2.75) is 43.8 Å². The first-order chi connectivity index (χ1) is 6.33. The van der Waals surface area contributed by atoms with Gasteiger partial charge < -0.3 is 5.32 Å². The molecule has 0 radical (unpaired) electrons. The van der Waals surface area contributed by atoms with Crippen LogP contribution < -0.4 is 5.32 Å². The molecule has 0 amide bonds. The van der Waals surface area contributed by atoms with Crippen molar-refractivity contribution >= 4 is 0 Å². The van der Waals surface area contributed by atoms with Crippen LogP contribution in [0.3, 0.4) is 0 Å². The van der Waals surface area contributed by atoms with Crippen LogP contribution in [0, 0.1) is 0 Å². The van der Waals surface area contributed by atoms with Gasteiger partial charge in [0.1, 0.15) is 0 Å². The Morgan fingerprint density at radius 3 is 2.14 bits per heavy atom. The van der Waals surface area contributed by atoms with E-state index >= 15 is 0 Å². The Morgan fingerprint density at radius 2 is 1.71 bits per heavy atom. The molecule has 0 aromatic heterocycles. The largest absolute Gasteiger partial charge is 0.453 e. The first kappa shape index (κ1) is 11.7. The van der Waals surface area contributed by atoms with Crippen molar-refractivity contribution in [1.82, 2.24) is 5.32 Å². The Labute approximate surface area is 78.7 Å². The van der Waals surface area contributed by atoms with Gasteiger partial charge in [0.2, 0.25) is 0 Å². The van der Waals surface area contributed by atoms with Crippen LogP contribution in [-0.4, -0.2) is 24.7 Å². The Kier molecular flexibility index (Phi) is 3.34. The lowest BCUT2D eigenvalue weighted by Crippen LogP contribution is -2.45. The van der Waals surface area contributed by atoms with Crippen molar-refractivity contribution < 1.29 is 22.0 Å². The Morgan fingerprint density at radius 1 is 1.07 bits per heavy atom. The van der Waals surface area contributed by atoms with Crippen LogP contribution in [0.2, 0.25) is 0 Å².